The van der Waals surface area contributed by atoms with Gasteiger partial charge in [0.15, 0.2) is 0 Å². The van der Waals surface area contributed by atoms with Crippen molar-refractivity contribution in [1.29, 1.82) is 0 Å². The first-order chi connectivity index (χ1) is 4.54. The molecular weight excluding hydrogens is 179 g/mol. The molecule has 70 valence electrons. The van der Waals surface area contributed by atoms with Crippen molar-refractivity contribution in [3.8, 4) is 0 Å². The van der Waals surface area contributed by atoms with Crippen molar-refractivity contribution < 1.29 is 56.3 Å². The Labute approximate surface area is 92.8 Å². The van der Waals surface area contributed by atoms with Crippen LogP contribution in [-0.4, -0.2) is 40.7 Å². The first-order valence-electron chi connectivity index (χ1n) is 2.38. The molecule has 0 aromatic carbocycles. The smallest absolute Gasteiger partial charge is 1.00 e. The molecule has 8 N–H and O–H groups in total. The fourth-order valence-corrected chi connectivity index (χ4v) is 0. The largest absolute Gasteiger partial charge is 1.00 e. The molecule has 0 aliphatic heterocycles. The molecule has 0 aromatic rings. The predicted molar refractivity (Wildman–Crippen MR) is 38.1 cm³/mol. The van der Waals surface area contributed by atoms with Crippen LogP contribution in [0.2, 0.25) is 0 Å². The Morgan fingerprint density at radius 3 is 1.17 bits per heavy atom. The number of rotatable bonds is 2. The van der Waals surface area contributed by atoms with E-state index >= 15 is 0 Å². The van der Waals surface area contributed by atoms with Crippen LogP contribution < -0.4 is 41.0 Å². The van der Waals surface area contributed by atoms with Gasteiger partial charge in [-0.05, 0) is 0 Å². The molecule has 0 fully saturated rings. The van der Waals surface area contributed by atoms with Crippen molar-refractivity contribution in [2.24, 2.45) is 11.5 Å². The molecule has 0 aromatic heterocycles. The van der Waals surface area contributed by atoms with Crippen molar-refractivity contribution >= 4 is 11.9 Å². The van der Waals surface area contributed by atoms with E-state index in [9.17, 15) is 9.59 Å². The maximum absolute atomic E-state index is 9.24. The summed E-state index contributed by atoms with van der Waals surface area (Å²) in [6.07, 6.45) is 0. The van der Waals surface area contributed by atoms with E-state index in [-0.39, 0.29) is 49.5 Å². The van der Waals surface area contributed by atoms with Gasteiger partial charge in [-0.15, -0.1) is 0 Å². The fourth-order valence-electron chi connectivity index (χ4n) is 0. The minimum Gasteiger partial charge on any atom is -1.00 e. The molecule has 0 saturated carbocycles. The third kappa shape index (κ3) is 52.4. The van der Waals surface area contributed by atoms with Gasteiger partial charge in [0.25, 0.3) is 0 Å². The Hall–Kier alpha value is -0.180. The molecule has 0 aliphatic carbocycles. The van der Waals surface area contributed by atoms with Crippen LogP contribution in [0.25, 0.3) is 0 Å². The van der Waals surface area contributed by atoms with Crippen molar-refractivity contribution in [3.63, 3.8) is 0 Å². The first kappa shape index (κ1) is 22.6. The summed E-state index contributed by atoms with van der Waals surface area (Å²) in [6.45, 7) is -0.556. The number of carboxylic acid groups (broad SMARTS) is 2. The van der Waals surface area contributed by atoms with Gasteiger partial charge in [0.05, 0.1) is 13.1 Å². The summed E-state index contributed by atoms with van der Waals surface area (Å²) in [7, 11) is 0. The van der Waals surface area contributed by atoms with E-state index in [2.05, 4.69) is 11.5 Å². The minimum absolute atomic E-state index is 0. The van der Waals surface area contributed by atoms with Crippen molar-refractivity contribution in [2.45, 2.75) is 0 Å². The number of aliphatic carboxylic acids is 2. The SMILES string of the molecule is NCC(=O)O.NCC(=O)O.O.[H-].[Na+]. The predicted octanol–water partition coefficient (Wildman–Crippen LogP) is -5.65. The average molecular weight is 192 g/mol. The zero-order valence-corrected chi connectivity index (χ0v) is 8.78. The molecule has 0 radical (unpaired) electrons. The Morgan fingerprint density at radius 1 is 1.08 bits per heavy atom. The van der Waals surface area contributed by atoms with Gasteiger partial charge in [0.2, 0.25) is 0 Å². The second-order valence-corrected chi connectivity index (χ2v) is 1.20. The summed E-state index contributed by atoms with van der Waals surface area (Å²) < 4.78 is 0. The molecule has 0 spiro atoms. The average Bonchev–Trinajstić information content (AvgIpc) is 1.89. The summed E-state index contributed by atoms with van der Waals surface area (Å²) in [6, 6.07) is 0. The Bertz CT molecular complexity index is 111. The third-order valence-corrected chi connectivity index (χ3v) is 0.349. The molecule has 0 saturated heterocycles. The van der Waals surface area contributed by atoms with Crippen LogP contribution in [0.1, 0.15) is 1.43 Å². The van der Waals surface area contributed by atoms with Crippen LogP contribution in [0.4, 0.5) is 0 Å². The molecule has 7 nitrogen and oxygen atoms in total. The number of nitrogens with two attached hydrogens (primary N) is 2. The molecule has 12 heavy (non-hydrogen) atoms. The summed E-state index contributed by atoms with van der Waals surface area (Å²) in [4.78, 5) is 18.5. The van der Waals surface area contributed by atoms with E-state index in [1.165, 1.54) is 0 Å². The maximum Gasteiger partial charge on any atom is 1.00 e. The topological polar surface area (TPSA) is 158 Å². The van der Waals surface area contributed by atoms with E-state index in [0.717, 1.165) is 0 Å². The normalized spacial score (nSPS) is 6.17. The van der Waals surface area contributed by atoms with Gasteiger partial charge in [-0.1, -0.05) is 0 Å². The van der Waals surface area contributed by atoms with Gasteiger partial charge in [-0.3, -0.25) is 9.59 Å². The molecular formula is C4H13N2NaO5. The van der Waals surface area contributed by atoms with E-state index in [1.54, 1.807) is 0 Å². The zero-order chi connectivity index (χ0) is 8.57. The van der Waals surface area contributed by atoms with Crippen LogP contribution >= 0.6 is 0 Å². The second kappa shape index (κ2) is 17.1. The molecule has 0 unspecified atom stereocenters. The molecule has 0 heterocycles. The second-order valence-electron chi connectivity index (χ2n) is 1.20. The molecule has 0 aliphatic rings. The molecule has 8 heteroatoms. The van der Waals surface area contributed by atoms with Gasteiger partial charge in [0, 0.05) is 0 Å². The van der Waals surface area contributed by atoms with Gasteiger partial charge in [0.1, 0.15) is 0 Å². The summed E-state index contributed by atoms with van der Waals surface area (Å²) >= 11 is 0. The van der Waals surface area contributed by atoms with Crippen LogP contribution in [0.5, 0.6) is 0 Å². The number of carboxylic acids is 2. The van der Waals surface area contributed by atoms with Crippen molar-refractivity contribution in [1.82, 2.24) is 0 Å². The Balaban J connectivity index is -0.0000000267. The van der Waals surface area contributed by atoms with E-state index < -0.39 is 11.9 Å². The zero-order valence-electron chi connectivity index (χ0n) is 7.78. The monoisotopic (exact) mass is 192 g/mol. The van der Waals surface area contributed by atoms with Crippen LogP contribution in [0.15, 0.2) is 0 Å². The standard InChI is InChI=1S/2C2H5NO2.Na.H2O.H/c2*3-1-2(4)5;;;/h2*1,3H2,(H,4,5);;1H2;/q;;+1;;-1. The van der Waals surface area contributed by atoms with Gasteiger partial charge in [-0.2, -0.15) is 0 Å². The number of hydrogen-bond donors (Lipinski definition) is 4. The molecule has 0 atom stereocenters. The van der Waals surface area contributed by atoms with Gasteiger partial charge >= 0.3 is 41.5 Å². The summed E-state index contributed by atoms with van der Waals surface area (Å²) in [5.41, 5.74) is 9.14. The van der Waals surface area contributed by atoms with Gasteiger partial charge < -0.3 is 28.6 Å². The molecule has 0 rings (SSSR count). The van der Waals surface area contributed by atoms with Crippen molar-refractivity contribution in [2.75, 3.05) is 13.1 Å². The quantitative estimate of drug-likeness (QED) is 0.319. The fraction of sp³-hybridized carbons (Fsp3) is 0.500. The van der Waals surface area contributed by atoms with Crippen LogP contribution in [0, 0.1) is 0 Å². The molecule has 0 bridgehead atoms. The van der Waals surface area contributed by atoms with E-state index in [1.807, 2.05) is 0 Å². The summed E-state index contributed by atoms with van der Waals surface area (Å²) in [5, 5.41) is 15.2. The third-order valence-electron chi connectivity index (χ3n) is 0.349. The maximum atomic E-state index is 9.24. The van der Waals surface area contributed by atoms with E-state index in [4.69, 9.17) is 10.2 Å². The van der Waals surface area contributed by atoms with Gasteiger partial charge in [-0.25, -0.2) is 0 Å². The minimum atomic E-state index is -0.968. The van der Waals surface area contributed by atoms with E-state index in [0.29, 0.717) is 0 Å². The summed E-state index contributed by atoms with van der Waals surface area (Å²) in [5.74, 6) is -1.94. The Kier molecular flexibility index (Phi) is 32.2. The van der Waals surface area contributed by atoms with Crippen LogP contribution in [-0.2, 0) is 9.59 Å². The number of carbonyl (C=O) groups is 2. The number of hydrogen-bond acceptors (Lipinski definition) is 4. The first-order valence-corrected chi connectivity index (χ1v) is 2.38. The van der Waals surface area contributed by atoms with Crippen LogP contribution in [0.3, 0.4) is 0 Å². The van der Waals surface area contributed by atoms with Crippen molar-refractivity contribution in [3.05, 3.63) is 0 Å². The molecule has 0 amide bonds. The Morgan fingerprint density at radius 2 is 1.17 bits per heavy atom.